The van der Waals surface area contributed by atoms with Crippen LogP contribution in [0.4, 0.5) is 8.78 Å². The summed E-state index contributed by atoms with van der Waals surface area (Å²) in [6.07, 6.45) is 0. The van der Waals surface area contributed by atoms with Crippen LogP contribution in [0.1, 0.15) is 19.5 Å². The lowest BCUT2D eigenvalue weighted by Crippen LogP contribution is -2.24. The van der Waals surface area contributed by atoms with E-state index in [-0.39, 0.29) is 17.4 Å². The molecule has 0 saturated carbocycles. The van der Waals surface area contributed by atoms with Gasteiger partial charge in [0, 0.05) is 24.2 Å². The molecule has 1 aromatic carbocycles. The average Bonchev–Trinajstić information content (AvgIpc) is 2.39. The first-order chi connectivity index (χ1) is 9.45. The van der Waals surface area contributed by atoms with Crippen LogP contribution >= 0.6 is 0 Å². The van der Waals surface area contributed by atoms with Gasteiger partial charge in [-0.2, -0.15) is 0 Å². The van der Waals surface area contributed by atoms with Crippen molar-refractivity contribution in [3.63, 3.8) is 0 Å². The molecule has 0 saturated heterocycles. The highest BCUT2D eigenvalue weighted by Gasteiger charge is 2.08. The van der Waals surface area contributed by atoms with Crippen LogP contribution in [0.5, 0.6) is 0 Å². The monoisotopic (exact) mass is 279 g/mol. The molecule has 106 valence electrons. The Labute approximate surface area is 114 Å². The van der Waals surface area contributed by atoms with Crippen LogP contribution in [0.25, 0.3) is 11.4 Å². The fourth-order valence-electron chi connectivity index (χ4n) is 1.69. The summed E-state index contributed by atoms with van der Waals surface area (Å²) in [5.41, 5.74) is 0.537. The number of aromatic nitrogens is 2. The fraction of sp³-hybridized carbons (Fsp3) is 0.286. The third-order valence-corrected chi connectivity index (χ3v) is 2.68. The van der Waals surface area contributed by atoms with Gasteiger partial charge in [0.2, 0.25) is 0 Å². The predicted molar refractivity (Wildman–Crippen MR) is 72.2 cm³/mol. The molecule has 1 aromatic heterocycles. The number of aromatic amines is 1. The van der Waals surface area contributed by atoms with E-state index in [0.717, 1.165) is 12.1 Å². The molecular weight excluding hydrogens is 264 g/mol. The lowest BCUT2D eigenvalue weighted by atomic mass is 10.2. The van der Waals surface area contributed by atoms with Crippen LogP contribution in [0.15, 0.2) is 29.1 Å². The molecule has 0 bridgehead atoms. The Balaban J connectivity index is 2.36. The number of H-pyrrole nitrogens is 1. The van der Waals surface area contributed by atoms with Gasteiger partial charge in [0.25, 0.3) is 5.56 Å². The van der Waals surface area contributed by atoms with Gasteiger partial charge >= 0.3 is 0 Å². The van der Waals surface area contributed by atoms with Crippen LogP contribution < -0.4 is 10.9 Å². The van der Waals surface area contributed by atoms with E-state index in [1.807, 2.05) is 13.8 Å². The van der Waals surface area contributed by atoms with Gasteiger partial charge in [0.05, 0.1) is 5.69 Å². The van der Waals surface area contributed by atoms with Crippen LogP contribution in [-0.2, 0) is 6.54 Å². The van der Waals surface area contributed by atoms with Gasteiger partial charge in [-0.05, 0) is 18.2 Å². The number of nitrogens with one attached hydrogen (secondary N) is 2. The molecule has 2 rings (SSSR count). The van der Waals surface area contributed by atoms with Crippen molar-refractivity contribution in [2.45, 2.75) is 26.4 Å². The Morgan fingerprint density at radius 2 is 2.00 bits per heavy atom. The van der Waals surface area contributed by atoms with Crippen molar-refractivity contribution >= 4 is 0 Å². The molecule has 2 aromatic rings. The summed E-state index contributed by atoms with van der Waals surface area (Å²) in [4.78, 5) is 18.3. The molecule has 0 aliphatic rings. The topological polar surface area (TPSA) is 57.8 Å². The zero-order valence-corrected chi connectivity index (χ0v) is 11.2. The van der Waals surface area contributed by atoms with Gasteiger partial charge in [-0.15, -0.1) is 0 Å². The highest BCUT2D eigenvalue weighted by Crippen LogP contribution is 2.17. The predicted octanol–water partition coefficient (Wildman–Crippen LogP) is 2.21. The number of hydrogen-bond acceptors (Lipinski definition) is 3. The van der Waals surface area contributed by atoms with Gasteiger partial charge < -0.3 is 10.3 Å². The Hall–Kier alpha value is -2.08. The summed E-state index contributed by atoms with van der Waals surface area (Å²) in [5, 5.41) is 3.14. The highest BCUT2D eigenvalue weighted by molar-refractivity contribution is 5.54. The molecule has 0 unspecified atom stereocenters. The number of hydrogen-bond donors (Lipinski definition) is 2. The van der Waals surface area contributed by atoms with Crippen molar-refractivity contribution in [1.29, 1.82) is 0 Å². The maximum absolute atomic E-state index is 13.2. The first-order valence-electron chi connectivity index (χ1n) is 6.25. The molecule has 0 amide bonds. The Bertz CT molecular complexity index is 668. The van der Waals surface area contributed by atoms with E-state index in [0.29, 0.717) is 17.8 Å². The Morgan fingerprint density at radius 3 is 2.65 bits per heavy atom. The summed E-state index contributed by atoms with van der Waals surface area (Å²) in [7, 11) is 0. The number of benzene rings is 1. The van der Waals surface area contributed by atoms with Crippen LogP contribution in [-0.4, -0.2) is 16.0 Å². The standard InChI is InChI=1S/C14H15F2N3O/c1-8(2)17-7-10-6-13(20)19-14(18-10)9-3-4-11(15)12(16)5-9/h3-6,8,17H,7H2,1-2H3,(H,18,19,20). The van der Waals surface area contributed by atoms with Crippen LogP contribution in [0.2, 0.25) is 0 Å². The highest BCUT2D eigenvalue weighted by atomic mass is 19.2. The Kier molecular flexibility index (Phi) is 4.24. The third kappa shape index (κ3) is 3.48. The summed E-state index contributed by atoms with van der Waals surface area (Å²) in [6, 6.07) is 5.01. The SMILES string of the molecule is CC(C)NCc1cc(=O)[nH]c(-c2ccc(F)c(F)c2)n1. The second kappa shape index (κ2) is 5.92. The lowest BCUT2D eigenvalue weighted by Gasteiger charge is -2.08. The zero-order chi connectivity index (χ0) is 14.7. The lowest BCUT2D eigenvalue weighted by molar-refractivity contribution is 0.509. The minimum atomic E-state index is -0.976. The minimum absolute atomic E-state index is 0.219. The van der Waals surface area contributed by atoms with E-state index < -0.39 is 11.6 Å². The molecule has 0 aliphatic heterocycles. The number of halogens is 2. The molecule has 0 fully saturated rings. The molecule has 0 aliphatic carbocycles. The molecule has 2 N–H and O–H groups in total. The third-order valence-electron chi connectivity index (χ3n) is 2.68. The number of rotatable bonds is 4. The second-order valence-corrected chi connectivity index (χ2v) is 4.75. The van der Waals surface area contributed by atoms with E-state index in [1.165, 1.54) is 12.1 Å². The maximum atomic E-state index is 13.2. The average molecular weight is 279 g/mol. The summed E-state index contributed by atoms with van der Waals surface area (Å²) in [6.45, 7) is 4.38. The Morgan fingerprint density at radius 1 is 1.25 bits per heavy atom. The van der Waals surface area contributed by atoms with Crippen LogP contribution in [0, 0.1) is 11.6 Å². The first kappa shape index (κ1) is 14.3. The van der Waals surface area contributed by atoms with Gasteiger partial charge in [0.15, 0.2) is 11.6 Å². The molecule has 1 heterocycles. The molecule has 0 radical (unpaired) electrons. The maximum Gasteiger partial charge on any atom is 0.251 e. The van der Waals surface area contributed by atoms with Gasteiger partial charge in [-0.25, -0.2) is 13.8 Å². The fourth-order valence-corrected chi connectivity index (χ4v) is 1.69. The van der Waals surface area contributed by atoms with Gasteiger partial charge in [-0.1, -0.05) is 13.8 Å². The van der Waals surface area contributed by atoms with Crippen molar-refractivity contribution in [1.82, 2.24) is 15.3 Å². The van der Waals surface area contributed by atoms with Crippen molar-refractivity contribution < 1.29 is 8.78 Å². The zero-order valence-electron chi connectivity index (χ0n) is 11.2. The van der Waals surface area contributed by atoms with Crippen molar-refractivity contribution in [3.8, 4) is 11.4 Å². The molecule has 4 nitrogen and oxygen atoms in total. The normalized spacial score (nSPS) is 11.1. The summed E-state index contributed by atoms with van der Waals surface area (Å²) >= 11 is 0. The summed E-state index contributed by atoms with van der Waals surface area (Å²) < 4.78 is 26.1. The van der Waals surface area contributed by atoms with E-state index in [4.69, 9.17) is 0 Å². The van der Waals surface area contributed by atoms with Crippen LogP contribution in [0.3, 0.4) is 0 Å². The van der Waals surface area contributed by atoms with E-state index >= 15 is 0 Å². The molecule has 6 heteroatoms. The van der Waals surface area contributed by atoms with Crippen molar-refractivity contribution in [3.05, 3.63) is 51.9 Å². The molecular formula is C14H15F2N3O. The molecule has 20 heavy (non-hydrogen) atoms. The molecule has 0 spiro atoms. The molecule has 0 atom stereocenters. The van der Waals surface area contributed by atoms with Crippen molar-refractivity contribution in [2.24, 2.45) is 0 Å². The minimum Gasteiger partial charge on any atom is -0.309 e. The second-order valence-electron chi connectivity index (χ2n) is 4.75. The van der Waals surface area contributed by atoms with Gasteiger partial charge in [-0.3, -0.25) is 4.79 Å². The largest absolute Gasteiger partial charge is 0.309 e. The van der Waals surface area contributed by atoms with E-state index in [2.05, 4.69) is 15.3 Å². The van der Waals surface area contributed by atoms with E-state index in [9.17, 15) is 13.6 Å². The number of nitrogens with zero attached hydrogens (tertiary/aromatic N) is 1. The van der Waals surface area contributed by atoms with Crippen molar-refractivity contribution in [2.75, 3.05) is 0 Å². The smallest absolute Gasteiger partial charge is 0.251 e. The first-order valence-corrected chi connectivity index (χ1v) is 6.25. The van der Waals surface area contributed by atoms with Gasteiger partial charge in [0.1, 0.15) is 5.82 Å². The quantitative estimate of drug-likeness (QED) is 0.902. The summed E-state index contributed by atoms with van der Waals surface area (Å²) in [5.74, 6) is -1.69. The van der Waals surface area contributed by atoms with E-state index in [1.54, 1.807) is 0 Å².